The zero-order valence-electron chi connectivity index (χ0n) is 14.5. The highest BCUT2D eigenvalue weighted by molar-refractivity contribution is 5.79. The lowest BCUT2D eigenvalue weighted by molar-refractivity contribution is -0.132. The third kappa shape index (κ3) is 3.37. The third-order valence-electron chi connectivity index (χ3n) is 5.47. The van der Waals surface area contributed by atoms with Crippen LogP contribution in [0.3, 0.4) is 0 Å². The van der Waals surface area contributed by atoms with Gasteiger partial charge < -0.3 is 14.5 Å². The molecule has 2 unspecified atom stereocenters. The fraction of sp³-hybridized carbons (Fsp3) is 0.632. The van der Waals surface area contributed by atoms with Crippen molar-refractivity contribution in [2.75, 3.05) is 27.2 Å². The number of hydrogen-bond acceptors (Lipinski definition) is 3. The zero-order valence-corrected chi connectivity index (χ0v) is 14.5. The molecule has 0 radical (unpaired) electrons. The molecule has 1 aromatic carbocycles. The predicted octanol–water partition coefficient (Wildman–Crippen LogP) is 2.63. The van der Waals surface area contributed by atoms with Gasteiger partial charge in [0.05, 0.1) is 13.5 Å². The second-order valence-corrected chi connectivity index (χ2v) is 6.97. The fourth-order valence-corrected chi connectivity index (χ4v) is 4.17. The molecule has 1 aromatic rings. The van der Waals surface area contributed by atoms with E-state index in [1.165, 1.54) is 19.4 Å². The van der Waals surface area contributed by atoms with E-state index in [1.54, 1.807) is 7.11 Å². The molecule has 2 aliphatic rings. The van der Waals surface area contributed by atoms with Gasteiger partial charge in [-0.05, 0) is 63.4 Å². The first-order valence-electron chi connectivity index (χ1n) is 8.73. The number of carbonyl (C=O) groups is 1. The van der Waals surface area contributed by atoms with E-state index in [2.05, 4.69) is 16.8 Å². The molecule has 126 valence electrons. The number of methoxy groups -OCH3 is 1. The van der Waals surface area contributed by atoms with E-state index in [0.29, 0.717) is 18.5 Å². The molecule has 0 bridgehead atoms. The summed E-state index contributed by atoms with van der Waals surface area (Å²) in [6.07, 6.45) is 5.25. The largest absolute Gasteiger partial charge is 0.496 e. The van der Waals surface area contributed by atoms with E-state index in [1.807, 2.05) is 25.1 Å². The number of nitrogens with zero attached hydrogens (tertiary/aromatic N) is 2. The lowest BCUT2D eigenvalue weighted by Crippen LogP contribution is -2.47. The standard InChI is InChI=1S/C19H28N2O2/c1-14-8-9-15(12-18(14)23-3)13-19(22)21-11-5-7-17(21)16-6-4-10-20(16)2/h8-9,12,16-17H,4-7,10-11,13H2,1-3H3. The van der Waals surface area contributed by atoms with Crippen LogP contribution >= 0.6 is 0 Å². The summed E-state index contributed by atoms with van der Waals surface area (Å²) in [7, 11) is 3.88. The van der Waals surface area contributed by atoms with Crippen molar-refractivity contribution >= 4 is 5.91 Å². The van der Waals surface area contributed by atoms with Crippen LogP contribution in [0.5, 0.6) is 5.75 Å². The quantitative estimate of drug-likeness (QED) is 0.856. The van der Waals surface area contributed by atoms with Crippen molar-refractivity contribution in [1.82, 2.24) is 9.80 Å². The van der Waals surface area contributed by atoms with Crippen molar-refractivity contribution in [3.05, 3.63) is 29.3 Å². The number of rotatable bonds is 4. The number of ether oxygens (including phenoxy) is 1. The number of aryl methyl sites for hydroxylation is 1. The monoisotopic (exact) mass is 316 g/mol. The summed E-state index contributed by atoms with van der Waals surface area (Å²) >= 11 is 0. The van der Waals surface area contributed by atoms with Crippen molar-refractivity contribution in [2.24, 2.45) is 0 Å². The van der Waals surface area contributed by atoms with Crippen LogP contribution in [0.2, 0.25) is 0 Å². The maximum Gasteiger partial charge on any atom is 0.227 e. The summed E-state index contributed by atoms with van der Waals surface area (Å²) < 4.78 is 5.38. The van der Waals surface area contributed by atoms with E-state index in [-0.39, 0.29) is 5.91 Å². The minimum atomic E-state index is 0.263. The molecule has 3 rings (SSSR count). The normalized spacial score (nSPS) is 25.1. The van der Waals surface area contributed by atoms with Crippen molar-refractivity contribution in [3.63, 3.8) is 0 Å². The second kappa shape index (κ2) is 6.91. The second-order valence-electron chi connectivity index (χ2n) is 6.97. The molecule has 2 aliphatic heterocycles. The highest BCUT2D eigenvalue weighted by Gasteiger charge is 2.38. The minimum absolute atomic E-state index is 0.263. The third-order valence-corrected chi connectivity index (χ3v) is 5.47. The molecule has 2 heterocycles. The van der Waals surface area contributed by atoms with Crippen LogP contribution < -0.4 is 4.74 Å². The molecular formula is C19H28N2O2. The summed E-state index contributed by atoms with van der Waals surface area (Å²) in [4.78, 5) is 17.4. The van der Waals surface area contributed by atoms with Crippen LogP contribution in [-0.2, 0) is 11.2 Å². The van der Waals surface area contributed by atoms with Gasteiger partial charge in [-0.15, -0.1) is 0 Å². The molecule has 0 aromatic heterocycles. The summed E-state index contributed by atoms with van der Waals surface area (Å²) in [5, 5.41) is 0. The fourth-order valence-electron chi connectivity index (χ4n) is 4.17. The van der Waals surface area contributed by atoms with Gasteiger partial charge >= 0.3 is 0 Å². The van der Waals surface area contributed by atoms with Crippen molar-refractivity contribution in [1.29, 1.82) is 0 Å². The van der Waals surface area contributed by atoms with Crippen LogP contribution in [0.1, 0.15) is 36.8 Å². The Balaban J connectivity index is 1.69. The van der Waals surface area contributed by atoms with E-state index in [0.717, 1.165) is 36.3 Å². The Morgan fingerprint density at radius 1 is 1.22 bits per heavy atom. The molecule has 0 aliphatic carbocycles. The van der Waals surface area contributed by atoms with Crippen LogP contribution in [0.25, 0.3) is 0 Å². The first kappa shape index (κ1) is 16.3. The van der Waals surface area contributed by atoms with Crippen LogP contribution in [-0.4, -0.2) is 55.0 Å². The van der Waals surface area contributed by atoms with Crippen molar-refractivity contribution in [2.45, 2.75) is 51.1 Å². The number of benzene rings is 1. The highest BCUT2D eigenvalue weighted by Crippen LogP contribution is 2.29. The van der Waals surface area contributed by atoms with Gasteiger partial charge in [0, 0.05) is 18.6 Å². The summed E-state index contributed by atoms with van der Waals surface area (Å²) in [6, 6.07) is 7.03. The summed E-state index contributed by atoms with van der Waals surface area (Å²) in [6.45, 7) is 4.10. The number of hydrogen-bond donors (Lipinski definition) is 0. The summed E-state index contributed by atoms with van der Waals surface area (Å²) in [5.74, 6) is 1.13. The maximum absolute atomic E-state index is 12.8. The van der Waals surface area contributed by atoms with Crippen LogP contribution in [0.4, 0.5) is 0 Å². The van der Waals surface area contributed by atoms with E-state index < -0.39 is 0 Å². The Bertz CT molecular complexity index is 572. The smallest absolute Gasteiger partial charge is 0.227 e. The number of likely N-dealkylation sites (N-methyl/N-ethyl adjacent to an activating group) is 1. The first-order chi connectivity index (χ1) is 11.1. The topological polar surface area (TPSA) is 32.8 Å². The molecule has 23 heavy (non-hydrogen) atoms. The SMILES string of the molecule is COc1cc(CC(=O)N2CCCC2C2CCCN2C)ccc1C. The highest BCUT2D eigenvalue weighted by atomic mass is 16.5. The van der Waals surface area contributed by atoms with Gasteiger partial charge in [-0.1, -0.05) is 12.1 Å². The average Bonchev–Trinajstić information content (AvgIpc) is 3.17. The molecule has 1 amide bonds. The Morgan fingerprint density at radius 3 is 2.65 bits per heavy atom. The molecular weight excluding hydrogens is 288 g/mol. The van der Waals surface area contributed by atoms with E-state index in [4.69, 9.17) is 4.74 Å². The Hall–Kier alpha value is -1.55. The zero-order chi connectivity index (χ0) is 16.4. The van der Waals surface area contributed by atoms with Gasteiger partial charge in [0.2, 0.25) is 5.91 Å². The van der Waals surface area contributed by atoms with Gasteiger partial charge in [0.15, 0.2) is 0 Å². The predicted molar refractivity (Wildman–Crippen MR) is 91.8 cm³/mol. The number of amides is 1. The molecule has 4 nitrogen and oxygen atoms in total. The molecule has 0 N–H and O–H groups in total. The lowest BCUT2D eigenvalue weighted by Gasteiger charge is -2.33. The van der Waals surface area contributed by atoms with Crippen molar-refractivity contribution in [3.8, 4) is 5.75 Å². The Morgan fingerprint density at radius 2 is 1.96 bits per heavy atom. The molecule has 0 spiro atoms. The molecule has 2 atom stereocenters. The maximum atomic E-state index is 12.8. The molecule has 2 saturated heterocycles. The first-order valence-corrected chi connectivity index (χ1v) is 8.73. The number of carbonyl (C=O) groups excluding carboxylic acids is 1. The molecule has 4 heteroatoms. The van der Waals surface area contributed by atoms with Gasteiger partial charge in [-0.3, -0.25) is 4.79 Å². The van der Waals surface area contributed by atoms with Gasteiger partial charge in [0.25, 0.3) is 0 Å². The molecule has 0 saturated carbocycles. The number of likely N-dealkylation sites (tertiary alicyclic amines) is 2. The van der Waals surface area contributed by atoms with Gasteiger partial charge in [-0.25, -0.2) is 0 Å². The van der Waals surface area contributed by atoms with Gasteiger partial charge in [0.1, 0.15) is 5.75 Å². The van der Waals surface area contributed by atoms with E-state index >= 15 is 0 Å². The lowest BCUT2D eigenvalue weighted by atomic mass is 10.0. The Labute approximate surface area is 139 Å². The van der Waals surface area contributed by atoms with E-state index in [9.17, 15) is 4.79 Å². The van der Waals surface area contributed by atoms with Crippen LogP contribution in [0.15, 0.2) is 18.2 Å². The Kier molecular flexibility index (Phi) is 4.90. The molecule has 2 fully saturated rings. The van der Waals surface area contributed by atoms with Crippen molar-refractivity contribution < 1.29 is 9.53 Å². The van der Waals surface area contributed by atoms with Gasteiger partial charge in [-0.2, -0.15) is 0 Å². The minimum Gasteiger partial charge on any atom is -0.496 e. The average molecular weight is 316 g/mol. The summed E-state index contributed by atoms with van der Waals surface area (Å²) in [5.41, 5.74) is 2.15. The van der Waals surface area contributed by atoms with Crippen LogP contribution in [0, 0.1) is 6.92 Å².